The van der Waals surface area contributed by atoms with Crippen LogP contribution in [0.5, 0.6) is 0 Å². The third kappa shape index (κ3) is 4.96. The van der Waals surface area contributed by atoms with Crippen LogP contribution in [-0.2, 0) is 4.74 Å². The van der Waals surface area contributed by atoms with E-state index in [0.717, 1.165) is 18.4 Å². The Morgan fingerprint density at radius 1 is 1.19 bits per heavy atom. The van der Waals surface area contributed by atoms with Crippen LogP contribution < -0.4 is 5.32 Å². The van der Waals surface area contributed by atoms with Gasteiger partial charge in [-0.2, -0.15) is 0 Å². The quantitative estimate of drug-likeness (QED) is 0.720. The van der Waals surface area contributed by atoms with Gasteiger partial charge in [0.2, 0.25) is 0 Å². The molecule has 0 radical (unpaired) electrons. The van der Waals surface area contributed by atoms with Crippen molar-refractivity contribution in [2.24, 2.45) is 11.8 Å². The van der Waals surface area contributed by atoms with Crippen molar-refractivity contribution >= 4 is 0 Å². The van der Waals surface area contributed by atoms with E-state index >= 15 is 0 Å². The van der Waals surface area contributed by atoms with Crippen LogP contribution in [0.2, 0.25) is 0 Å². The Labute approximate surface area is 132 Å². The second kappa shape index (κ2) is 8.53. The number of hydrogen-bond acceptors (Lipinski definition) is 2. The normalized spacial score (nSPS) is 28.4. The summed E-state index contributed by atoms with van der Waals surface area (Å²) >= 11 is 0. The second-order valence-corrected chi connectivity index (χ2v) is 7.65. The molecule has 3 atom stereocenters. The fourth-order valence-corrected chi connectivity index (χ4v) is 4.33. The first-order valence-electron chi connectivity index (χ1n) is 9.56. The summed E-state index contributed by atoms with van der Waals surface area (Å²) in [4.78, 5) is 0. The van der Waals surface area contributed by atoms with E-state index in [1.807, 2.05) is 0 Å². The molecule has 1 spiro atoms. The summed E-state index contributed by atoms with van der Waals surface area (Å²) in [5, 5.41) is 3.87. The highest BCUT2D eigenvalue weighted by Crippen LogP contribution is 2.42. The van der Waals surface area contributed by atoms with E-state index in [9.17, 15) is 0 Å². The van der Waals surface area contributed by atoms with Crippen LogP contribution in [0.1, 0.15) is 85.0 Å². The van der Waals surface area contributed by atoms with Gasteiger partial charge < -0.3 is 10.1 Å². The van der Waals surface area contributed by atoms with Crippen LogP contribution in [0, 0.1) is 11.8 Å². The molecule has 1 saturated heterocycles. The molecule has 2 nitrogen and oxygen atoms in total. The highest BCUT2D eigenvalue weighted by Gasteiger charge is 2.40. The summed E-state index contributed by atoms with van der Waals surface area (Å²) in [6.07, 6.45) is 13.3. The summed E-state index contributed by atoms with van der Waals surface area (Å²) in [5.74, 6) is 1.67. The lowest BCUT2D eigenvalue weighted by Gasteiger charge is -2.46. The van der Waals surface area contributed by atoms with Crippen molar-refractivity contribution in [3.63, 3.8) is 0 Å². The topological polar surface area (TPSA) is 21.3 Å². The number of ether oxygens (including phenoxy) is 1. The Balaban J connectivity index is 1.96. The molecular weight excluding hydrogens is 258 g/mol. The van der Waals surface area contributed by atoms with Crippen LogP contribution in [0.15, 0.2) is 0 Å². The SMILES string of the molecule is CCCNC(CC(C)CC)C1CCOC2(CCCCC2)C1. The van der Waals surface area contributed by atoms with Gasteiger partial charge in [-0.15, -0.1) is 0 Å². The average molecular weight is 296 g/mol. The lowest BCUT2D eigenvalue weighted by molar-refractivity contribution is -0.122. The molecule has 1 saturated carbocycles. The summed E-state index contributed by atoms with van der Waals surface area (Å²) in [6.45, 7) is 9.19. The van der Waals surface area contributed by atoms with Crippen molar-refractivity contribution in [3.05, 3.63) is 0 Å². The number of nitrogens with one attached hydrogen (secondary N) is 1. The minimum Gasteiger partial charge on any atom is -0.375 e. The van der Waals surface area contributed by atoms with Gasteiger partial charge in [0, 0.05) is 12.6 Å². The molecule has 1 aliphatic carbocycles. The number of rotatable bonds is 7. The average Bonchev–Trinajstić information content (AvgIpc) is 2.52. The van der Waals surface area contributed by atoms with Crippen molar-refractivity contribution < 1.29 is 4.74 Å². The fourth-order valence-electron chi connectivity index (χ4n) is 4.33. The maximum Gasteiger partial charge on any atom is 0.0685 e. The minimum absolute atomic E-state index is 0.253. The smallest absolute Gasteiger partial charge is 0.0685 e. The third-order valence-electron chi connectivity index (χ3n) is 5.87. The van der Waals surface area contributed by atoms with Crippen LogP contribution in [0.3, 0.4) is 0 Å². The third-order valence-corrected chi connectivity index (χ3v) is 5.87. The first-order valence-corrected chi connectivity index (χ1v) is 9.56. The van der Waals surface area contributed by atoms with E-state index < -0.39 is 0 Å². The molecule has 2 heteroatoms. The Bertz CT molecular complexity index is 280. The molecule has 2 aliphatic rings. The van der Waals surface area contributed by atoms with Crippen LogP contribution in [-0.4, -0.2) is 24.8 Å². The van der Waals surface area contributed by atoms with Crippen LogP contribution in [0.25, 0.3) is 0 Å². The molecule has 0 aromatic rings. The fraction of sp³-hybridized carbons (Fsp3) is 1.00. The van der Waals surface area contributed by atoms with Gasteiger partial charge in [-0.3, -0.25) is 0 Å². The van der Waals surface area contributed by atoms with Gasteiger partial charge in [-0.05, 0) is 56.9 Å². The van der Waals surface area contributed by atoms with Crippen LogP contribution >= 0.6 is 0 Å². The van der Waals surface area contributed by atoms with E-state index in [1.54, 1.807) is 0 Å². The summed E-state index contributed by atoms with van der Waals surface area (Å²) in [6, 6.07) is 0.711. The zero-order chi connectivity index (χ0) is 15.1. The van der Waals surface area contributed by atoms with E-state index in [0.29, 0.717) is 6.04 Å². The molecular formula is C19H37NO. The van der Waals surface area contributed by atoms with Crippen molar-refractivity contribution in [2.45, 2.75) is 96.6 Å². The molecule has 1 aliphatic heterocycles. The molecule has 0 aromatic heterocycles. The van der Waals surface area contributed by atoms with Gasteiger partial charge in [-0.1, -0.05) is 46.5 Å². The van der Waals surface area contributed by atoms with Crippen LogP contribution in [0.4, 0.5) is 0 Å². The van der Waals surface area contributed by atoms with Gasteiger partial charge in [0.05, 0.1) is 5.60 Å². The molecule has 0 aromatic carbocycles. The Morgan fingerprint density at radius 3 is 2.62 bits per heavy atom. The number of hydrogen-bond donors (Lipinski definition) is 1. The van der Waals surface area contributed by atoms with Crippen molar-refractivity contribution in [3.8, 4) is 0 Å². The minimum atomic E-state index is 0.253. The molecule has 3 unspecified atom stereocenters. The predicted molar refractivity (Wildman–Crippen MR) is 90.6 cm³/mol. The molecule has 21 heavy (non-hydrogen) atoms. The zero-order valence-electron chi connectivity index (χ0n) is 14.6. The maximum absolute atomic E-state index is 6.29. The van der Waals surface area contributed by atoms with Crippen molar-refractivity contribution in [1.29, 1.82) is 0 Å². The summed E-state index contributed by atoms with van der Waals surface area (Å²) in [5.41, 5.74) is 0.253. The molecule has 2 fully saturated rings. The highest BCUT2D eigenvalue weighted by molar-refractivity contribution is 4.93. The second-order valence-electron chi connectivity index (χ2n) is 7.65. The molecule has 1 heterocycles. The summed E-state index contributed by atoms with van der Waals surface area (Å²) < 4.78 is 6.29. The Kier molecular flexibility index (Phi) is 7.01. The lowest BCUT2D eigenvalue weighted by Crippen LogP contribution is -2.48. The summed E-state index contributed by atoms with van der Waals surface area (Å²) in [7, 11) is 0. The highest BCUT2D eigenvalue weighted by atomic mass is 16.5. The Hall–Kier alpha value is -0.0800. The van der Waals surface area contributed by atoms with E-state index in [2.05, 4.69) is 26.1 Å². The van der Waals surface area contributed by atoms with E-state index in [4.69, 9.17) is 4.74 Å². The molecule has 2 rings (SSSR count). The maximum atomic E-state index is 6.29. The zero-order valence-corrected chi connectivity index (χ0v) is 14.6. The van der Waals surface area contributed by atoms with Crippen molar-refractivity contribution in [1.82, 2.24) is 5.32 Å². The van der Waals surface area contributed by atoms with Crippen molar-refractivity contribution in [2.75, 3.05) is 13.2 Å². The predicted octanol–water partition coefficient (Wildman–Crippen LogP) is 4.92. The lowest BCUT2D eigenvalue weighted by atomic mass is 9.73. The molecule has 0 bridgehead atoms. The largest absolute Gasteiger partial charge is 0.375 e. The monoisotopic (exact) mass is 295 g/mol. The molecule has 1 N–H and O–H groups in total. The van der Waals surface area contributed by atoms with Gasteiger partial charge in [0.15, 0.2) is 0 Å². The van der Waals surface area contributed by atoms with Gasteiger partial charge in [0.1, 0.15) is 0 Å². The Morgan fingerprint density at radius 2 is 1.95 bits per heavy atom. The van der Waals surface area contributed by atoms with Gasteiger partial charge >= 0.3 is 0 Å². The van der Waals surface area contributed by atoms with E-state index in [-0.39, 0.29) is 5.60 Å². The molecule has 124 valence electrons. The first-order chi connectivity index (χ1) is 10.2. The van der Waals surface area contributed by atoms with Gasteiger partial charge in [-0.25, -0.2) is 0 Å². The molecule has 0 amide bonds. The van der Waals surface area contributed by atoms with E-state index in [1.165, 1.54) is 70.8 Å². The van der Waals surface area contributed by atoms with Gasteiger partial charge in [0.25, 0.3) is 0 Å². The standard InChI is InChI=1S/C19H37NO/c1-4-12-20-18(14-16(3)5-2)17-9-13-21-19(15-17)10-7-6-8-11-19/h16-18,20H,4-15H2,1-3H3. The first kappa shape index (κ1) is 17.3.